The van der Waals surface area contributed by atoms with Gasteiger partial charge in [-0.15, -0.1) is 0 Å². The highest BCUT2D eigenvalue weighted by Gasteiger charge is 2.19. The molecule has 1 atom stereocenters. The van der Waals surface area contributed by atoms with Gasteiger partial charge in [0.15, 0.2) is 5.58 Å². The molecule has 3 aromatic rings. The molecular formula is C22H27N3O4S. The molecule has 1 aliphatic rings. The first-order valence-corrected chi connectivity index (χ1v) is 11.9. The summed E-state index contributed by atoms with van der Waals surface area (Å²) in [6.07, 6.45) is 6.44. The fourth-order valence-corrected chi connectivity index (χ4v) is 5.30. The number of aromatic nitrogens is 1. The maximum atomic E-state index is 12.9. The quantitative estimate of drug-likeness (QED) is 0.502. The van der Waals surface area contributed by atoms with Crippen LogP contribution in [0.4, 0.5) is 5.69 Å². The maximum absolute atomic E-state index is 12.9. The fourth-order valence-electron chi connectivity index (χ4n) is 4.18. The Kier molecular flexibility index (Phi) is 5.97. The third-order valence-corrected chi connectivity index (χ3v) is 7.13. The number of H-pyrrole nitrogens is 1. The lowest BCUT2D eigenvalue weighted by atomic mass is 9.99. The Morgan fingerprint density at radius 1 is 1.17 bits per heavy atom. The van der Waals surface area contributed by atoms with Gasteiger partial charge in [-0.1, -0.05) is 43.9 Å². The Morgan fingerprint density at radius 2 is 1.93 bits per heavy atom. The first-order valence-electron chi connectivity index (χ1n) is 10.4. The van der Waals surface area contributed by atoms with Crippen molar-refractivity contribution in [3.05, 3.63) is 58.6 Å². The van der Waals surface area contributed by atoms with E-state index in [4.69, 9.17) is 4.42 Å². The number of fused-ring (bicyclic) bond motifs is 1. The van der Waals surface area contributed by atoms with E-state index in [0.717, 1.165) is 17.9 Å². The minimum atomic E-state index is -3.83. The maximum Gasteiger partial charge on any atom is 0.417 e. The van der Waals surface area contributed by atoms with Crippen LogP contribution in [0.25, 0.3) is 11.1 Å². The molecule has 8 heteroatoms. The highest BCUT2D eigenvalue weighted by molar-refractivity contribution is 7.92. The van der Waals surface area contributed by atoms with Gasteiger partial charge in [0.2, 0.25) is 0 Å². The van der Waals surface area contributed by atoms with Crippen LogP contribution < -0.4 is 15.8 Å². The predicted molar refractivity (Wildman–Crippen MR) is 117 cm³/mol. The zero-order valence-corrected chi connectivity index (χ0v) is 17.8. The Balaban J connectivity index is 1.47. The minimum Gasteiger partial charge on any atom is -0.408 e. The fraction of sp³-hybridized carbons (Fsp3) is 0.409. The molecule has 1 fully saturated rings. The van der Waals surface area contributed by atoms with Crippen LogP contribution in [-0.4, -0.2) is 19.4 Å². The average molecular weight is 430 g/mol. The van der Waals surface area contributed by atoms with Crippen molar-refractivity contribution in [2.24, 2.45) is 5.92 Å². The second-order valence-corrected chi connectivity index (χ2v) is 9.79. The first kappa shape index (κ1) is 20.7. The summed E-state index contributed by atoms with van der Waals surface area (Å²) in [5, 5.41) is 3.53. The molecule has 1 aromatic heterocycles. The number of nitrogens with one attached hydrogen (secondary N) is 3. The second kappa shape index (κ2) is 8.65. The molecule has 3 N–H and O–H groups in total. The number of aromatic amines is 1. The monoisotopic (exact) mass is 429 g/mol. The molecule has 0 radical (unpaired) electrons. The standard InChI is InChI=1S/C22H27N3O4S/c1-15(12-16-6-2-3-7-16)23-14-17-8-4-5-9-19(17)25-30(27,28)18-10-11-20-21(13-18)29-22(26)24-20/h4-5,8-11,13,15-16,23,25H,2-3,6-7,12,14H2,1H3,(H,24,26)/t15-/m0/s1. The topological polar surface area (TPSA) is 104 Å². The summed E-state index contributed by atoms with van der Waals surface area (Å²) < 4.78 is 33.5. The van der Waals surface area contributed by atoms with Crippen LogP contribution in [0, 0.1) is 5.92 Å². The average Bonchev–Trinajstić information content (AvgIpc) is 3.34. The van der Waals surface area contributed by atoms with Gasteiger partial charge < -0.3 is 9.73 Å². The van der Waals surface area contributed by atoms with E-state index in [2.05, 4.69) is 21.9 Å². The van der Waals surface area contributed by atoms with Crippen molar-refractivity contribution in [1.29, 1.82) is 0 Å². The van der Waals surface area contributed by atoms with E-state index in [1.807, 2.05) is 12.1 Å². The van der Waals surface area contributed by atoms with Crippen molar-refractivity contribution in [3.63, 3.8) is 0 Å². The Labute approximate surface area is 175 Å². The van der Waals surface area contributed by atoms with Crippen LogP contribution in [0.2, 0.25) is 0 Å². The molecule has 0 bridgehead atoms. The van der Waals surface area contributed by atoms with Crippen molar-refractivity contribution >= 4 is 26.8 Å². The van der Waals surface area contributed by atoms with Gasteiger partial charge in [0.25, 0.3) is 10.0 Å². The third kappa shape index (κ3) is 4.76. The van der Waals surface area contributed by atoms with E-state index in [9.17, 15) is 13.2 Å². The van der Waals surface area contributed by atoms with Gasteiger partial charge in [-0.05, 0) is 43.0 Å². The summed E-state index contributed by atoms with van der Waals surface area (Å²) in [5.74, 6) is 0.181. The van der Waals surface area contributed by atoms with Gasteiger partial charge in [0.1, 0.15) is 0 Å². The minimum absolute atomic E-state index is 0.0371. The molecule has 0 aliphatic heterocycles. The SMILES string of the molecule is C[C@@H](CC1CCCC1)NCc1ccccc1NS(=O)(=O)c1ccc2[nH]c(=O)oc2c1. The van der Waals surface area contributed by atoms with E-state index >= 15 is 0 Å². The van der Waals surface area contributed by atoms with Gasteiger partial charge in [-0.3, -0.25) is 9.71 Å². The van der Waals surface area contributed by atoms with Crippen LogP contribution in [0.1, 0.15) is 44.6 Å². The molecule has 2 aromatic carbocycles. The van der Waals surface area contributed by atoms with Gasteiger partial charge in [-0.2, -0.15) is 0 Å². The van der Waals surface area contributed by atoms with Crippen molar-refractivity contribution in [3.8, 4) is 0 Å². The van der Waals surface area contributed by atoms with Gasteiger partial charge in [0, 0.05) is 18.7 Å². The Bertz CT molecular complexity index is 1180. The summed E-state index contributed by atoms with van der Waals surface area (Å²) in [6.45, 7) is 2.77. The molecule has 1 heterocycles. The molecule has 1 aliphatic carbocycles. The third-order valence-electron chi connectivity index (χ3n) is 5.77. The Hall–Kier alpha value is -2.58. The largest absolute Gasteiger partial charge is 0.417 e. The van der Waals surface area contributed by atoms with Crippen molar-refractivity contribution in [2.45, 2.75) is 56.5 Å². The molecule has 0 unspecified atom stereocenters. The number of benzene rings is 2. The van der Waals surface area contributed by atoms with Gasteiger partial charge in [-0.25, -0.2) is 13.2 Å². The molecular weight excluding hydrogens is 402 g/mol. The van der Waals surface area contributed by atoms with E-state index in [1.165, 1.54) is 43.9 Å². The molecule has 160 valence electrons. The molecule has 1 saturated carbocycles. The molecule has 0 spiro atoms. The number of para-hydroxylation sites is 1. The summed E-state index contributed by atoms with van der Waals surface area (Å²) in [7, 11) is -3.83. The summed E-state index contributed by atoms with van der Waals surface area (Å²) in [6, 6.07) is 12.1. The lowest BCUT2D eigenvalue weighted by molar-refractivity contribution is 0.404. The normalized spacial score (nSPS) is 16.2. The molecule has 4 rings (SSSR count). The number of hydrogen-bond acceptors (Lipinski definition) is 5. The zero-order valence-electron chi connectivity index (χ0n) is 17.0. The van der Waals surface area contributed by atoms with Gasteiger partial charge in [0.05, 0.1) is 16.1 Å². The number of anilines is 1. The van der Waals surface area contributed by atoms with Crippen LogP contribution >= 0.6 is 0 Å². The smallest absolute Gasteiger partial charge is 0.408 e. The molecule has 0 saturated heterocycles. The lowest BCUT2D eigenvalue weighted by Crippen LogP contribution is -2.28. The summed E-state index contributed by atoms with van der Waals surface area (Å²) in [4.78, 5) is 13.9. The van der Waals surface area contributed by atoms with Crippen LogP contribution in [-0.2, 0) is 16.6 Å². The summed E-state index contributed by atoms with van der Waals surface area (Å²) >= 11 is 0. The van der Waals surface area contributed by atoms with E-state index < -0.39 is 15.8 Å². The summed E-state index contributed by atoms with van der Waals surface area (Å²) in [5.41, 5.74) is 2.08. The number of oxazole rings is 1. The highest BCUT2D eigenvalue weighted by Crippen LogP contribution is 2.29. The van der Waals surface area contributed by atoms with E-state index in [1.54, 1.807) is 12.1 Å². The number of rotatable bonds is 8. The predicted octanol–water partition coefficient (Wildman–Crippen LogP) is 3.98. The van der Waals surface area contributed by atoms with Crippen molar-refractivity contribution in [1.82, 2.24) is 10.3 Å². The first-order chi connectivity index (χ1) is 14.4. The van der Waals surface area contributed by atoms with E-state index in [-0.39, 0.29) is 10.5 Å². The van der Waals surface area contributed by atoms with Crippen LogP contribution in [0.15, 0.2) is 56.6 Å². The zero-order chi connectivity index (χ0) is 21.1. The molecule has 30 heavy (non-hydrogen) atoms. The van der Waals surface area contributed by atoms with Gasteiger partial charge >= 0.3 is 5.76 Å². The van der Waals surface area contributed by atoms with Crippen LogP contribution in [0.3, 0.4) is 0 Å². The van der Waals surface area contributed by atoms with Crippen molar-refractivity contribution in [2.75, 3.05) is 4.72 Å². The number of sulfonamides is 1. The number of hydrogen-bond donors (Lipinski definition) is 3. The van der Waals surface area contributed by atoms with E-state index in [0.29, 0.717) is 23.8 Å². The second-order valence-electron chi connectivity index (χ2n) is 8.10. The van der Waals surface area contributed by atoms with Crippen LogP contribution in [0.5, 0.6) is 0 Å². The molecule has 7 nitrogen and oxygen atoms in total. The Morgan fingerprint density at radius 3 is 2.73 bits per heavy atom. The molecule has 0 amide bonds. The van der Waals surface area contributed by atoms with Crippen molar-refractivity contribution < 1.29 is 12.8 Å². The lowest BCUT2D eigenvalue weighted by Gasteiger charge is -2.19. The highest BCUT2D eigenvalue weighted by atomic mass is 32.2.